The fourth-order valence-electron chi connectivity index (χ4n) is 5.20. The molecule has 2 bridgehead atoms. The summed E-state index contributed by atoms with van der Waals surface area (Å²) in [5, 5.41) is 1.78. The maximum absolute atomic E-state index is 13.9. The second-order valence-corrected chi connectivity index (χ2v) is 8.65. The summed E-state index contributed by atoms with van der Waals surface area (Å²) in [6.07, 6.45) is -2.94. The van der Waals surface area contributed by atoms with Crippen LogP contribution in [-0.4, -0.2) is 23.0 Å². The van der Waals surface area contributed by atoms with Crippen molar-refractivity contribution in [2.45, 2.75) is 50.4 Å². The number of nitrogens with zero attached hydrogens (tertiary/aromatic N) is 1. The van der Waals surface area contributed by atoms with Gasteiger partial charge in [0.15, 0.2) is 0 Å². The number of aromatic nitrogens is 1. The Labute approximate surface area is 190 Å². The molecule has 0 unspecified atom stereocenters. The SMILES string of the molecule is O=C(Nc1ccc(N2C3CCC2CC3)cc1C(F)(F)F)c1c[nH]c2cccc(C(F)F)c2c1=O. The molecule has 2 fully saturated rings. The van der Waals surface area contributed by atoms with Gasteiger partial charge in [-0.3, -0.25) is 9.59 Å². The van der Waals surface area contributed by atoms with Crippen LogP contribution in [0.15, 0.2) is 47.4 Å². The number of anilines is 2. The van der Waals surface area contributed by atoms with Crippen molar-refractivity contribution in [3.63, 3.8) is 0 Å². The van der Waals surface area contributed by atoms with Crippen LogP contribution >= 0.6 is 0 Å². The Bertz CT molecular complexity index is 1310. The molecule has 0 atom stereocenters. The Balaban J connectivity index is 1.51. The molecule has 3 aromatic rings. The molecular weight excluding hydrogens is 457 g/mol. The lowest BCUT2D eigenvalue weighted by molar-refractivity contribution is -0.136. The van der Waals surface area contributed by atoms with Gasteiger partial charge in [0.1, 0.15) is 5.56 Å². The van der Waals surface area contributed by atoms with E-state index >= 15 is 0 Å². The van der Waals surface area contributed by atoms with Gasteiger partial charge in [-0.05, 0) is 49.9 Å². The largest absolute Gasteiger partial charge is 0.418 e. The summed E-state index contributed by atoms with van der Waals surface area (Å²) in [6, 6.07) is 7.95. The Kier molecular flexibility index (Phi) is 5.33. The molecule has 2 aromatic carbocycles. The van der Waals surface area contributed by atoms with Crippen molar-refractivity contribution >= 4 is 28.2 Å². The van der Waals surface area contributed by atoms with Gasteiger partial charge in [0, 0.05) is 35.0 Å². The van der Waals surface area contributed by atoms with Crippen LogP contribution in [-0.2, 0) is 6.18 Å². The lowest BCUT2D eigenvalue weighted by Crippen LogP contribution is -2.28. The van der Waals surface area contributed by atoms with Crippen LogP contribution in [0.2, 0.25) is 0 Å². The first-order valence-corrected chi connectivity index (χ1v) is 10.9. The molecule has 0 spiro atoms. The van der Waals surface area contributed by atoms with E-state index in [-0.39, 0.29) is 23.0 Å². The zero-order valence-electron chi connectivity index (χ0n) is 17.8. The highest BCUT2D eigenvalue weighted by atomic mass is 19.4. The van der Waals surface area contributed by atoms with Crippen LogP contribution in [0.4, 0.5) is 33.3 Å². The van der Waals surface area contributed by atoms with Crippen molar-refractivity contribution in [2.75, 3.05) is 10.2 Å². The molecule has 1 amide bonds. The number of hydrogen-bond donors (Lipinski definition) is 2. The van der Waals surface area contributed by atoms with Crippen LogP contribution in [0.5, 0.6) is 0 Å². The Morgan fingerprint density at radius 1 is 1.06 bits per heavy atom. The van der Waals surface area contributed by atoms with Crippen molar-refractivity contribution in [2.24, 2.45) is 0 Å². The summed E-state index contributed by atoms with van der Waals surface area (Å²) in [4.78, 5) is 30.3. The minimum absolute atomic E-state index is 0.0972. The first-order valence-electron chi connectivity index (χ1n) is 10.9. The number of H-pyrrole nitrogens is 1. The third kappa shape index (κ3) is 3.70. The first-order chi connectivity index (χ1) is 16.1. The lowest BCUT2D eigenvalue weighted by atomic mass is 10.0. The zero-order valence-corrected chi connectivity index (χ0v) is 17.8. The number of fused-ring (bicyclic) bond motifs is 3. The van der Waals surface area contributed by atoms with Crippen LogP contribution < -0.4 is 15.6 Å². The molecule has 2 N–H and O–H groups in total. The van der Waals surface area contributed by atoms with Gasteiger partial charge in [0.2, 0.25) is 5.43 Å². The molecule has 2 aliphatic rings. The summed E-state index contributed by atoms with van der Waals surface area (Å²) >= 11 is 0. The fraction of sp³-hybridized carbons (Fsp3) is 0.333. The van der Waals surface area contributed by atoms with Crippen LogP contribution in [0.1, 0.15) is 53.6 Å². The van der Waals surface area contributed by atoms with Crippen molar-refractivity contribution in [1.29, 1.82) is 0 Å². The van der Waals surface area contributed by atoms with Gasteiger partial charge in [-0.1, -0.05) is 12.1 Å². The number of halogens is 5. The fourth-order valence-corrected chi connectivity index (χ4v) is 5.20. The van der Waals surface area contributed by atoms with Gasteiger partial charge in [0.25, 0.3) is 12.3 Å². The summed E-state index contributed by atoms with van der Waals surface area (Å²) in [6.45, 7) is 0. The van der Waals surface area contributed by atoms with Crippen LogP contribution in [0, 0.1) is 0 Å². The molecule has 34 heavy (non-hydrogen) atoms. The predicted octanol–water partition coefficient (Wildman–Crippen LogP) is 5.87. The van der Waals surface area contributed by atoms with Crippen LogP contribution in [0.3, 0.4) is 0 Å². The third-order valence-corrected chi connectivity index (χ3v) is 6.73. The van der Waals surface area contributed by atoms with E-state index < -0.39 is 46.3 Å². The van der Waals surface area contributed by atoms with E-state index in [1.807, 2.05) is 4.90 Å². The Morgan fingerprint density at radius 2 is 1.74 bits per heavy atom. The van der Waals surface area contributed by atoms with Gasteiger partial charge in [-0.2, -0.15) is 13.2 Å². The van der Waals surface area contributed by atoms with E-state index in [0.717, 1.165) is 44.0 Å². The quantitative estimate of drug-likeness (QED) is 0.462. The average molecular weight is 477 g/mol. The van der Waals surface area contributed by atoms with E-state index in [2.05, 4.69) is 10.3 Å². The standard InChI is InChI=1S/C24H20F5N3O2/c25-22(26)15-2-1-3-19-20(15)21(33)16(11-30-19)23(34)31-18-9-8-14(10-17(18)24(27,28)29)32-12-4-5-13(32)7-6-12/h1-3,8-13,22H,4-7H2,(H,30,33)(H,31,34). The molecule has 2 aliphatic heterocycles. The minimum atomic E-state index is -4.75. The lowest BCUT2D eigenvalue weighted by Gasteiger charge is -2.26. The molecule has 10 heteroatoms. The van der Waals surface area contributed by atoms with Gasteiger partial charge >= 0.3 is 6.18 Å². The average Bonchev–Trinajstić information content (AvgIpc) is 3.39. The topological polar surface area (TPSA) is 65.2 Å². The zero-order chi connectivity index (χ0) is 24.2. The third-order valence-electron chi connectivity index (χ3n) is 6.73. The van der Waals surface area contributed by atoms with Crippen molar-refractivity contribution in [1.82, 2.24) is 4.98 Å². The summed E-state index contributed by atoms with van der Waals surface area (Å²) < 4.78 is 68.4. The van der Waals surface area contributed by atoms with E-state index in [4.69, 9.17) is 0 Å². The number of benzene rings is 2. The highest BCUT2D eigenvalue weighted by molar-refractivity contribution is 6.06. The number of carbonyl (C=O) groups excluding carboxylic acids is 1. The molecule has 5 nitrogen and oxygen atoms in total. The van der Waals surface area contributed by atoms with Crippen molar-refractivity contribution in [3.05, 3.63) is 69.5 Å². The number of rotatable bonds is 4. The normalized spacial score (nSPS) is 19.9. The van der Waals surface area contributed by atoms with E-state index in [9.17, 15) is 31.5 Å². The highest BCUT2D eigenvalue weighted by Gasteiger charge is 2.41. The molecule has 178 valence electrons. The molecule has 1 aromatic heterocycles. The summed E-state index contributed by atoms with van der Waals surface area (Å²) in [5.41, 5.74) is -3.10. The molecule has 2 saturated heterocycles. The number of alkyl halides is 5. The molecule has 0 radical (unpaired) electrons. The second-order valence-electron chi connectivity index (χ2n) is 8.65. The van der Waals surface area contributed by atoms with Gasteiger partial charge in [0.05, 0.1) is 16.6 Å². The summed E-state index contributed by atoms with van der Waals surface area (Å²) in [7, 11) is 0. The smallest absolute Gasteiger partial charge is 0.366 e. The number of nitrogens with one attached hydrogen (secondary N) is 2. The maximum atomic E-state index is 13.9. The van der Waals surface area contributed by atoms with E-state index in [0.29, 0.717) is 5.69 Å². The van der Waals surface area contributed by atoms with E-state index in [1.165, 1.54) is 24.3 Å². The number of amides is 1. The van der Waals surface area contributed by atoms with Crippen molar-refractivity contribution in [3.8, 4) is 0 Å². The van der Waals surface area contributed by atoms with E-state index in [1.54, 1.807) is 0 Å². The molecule has 3 heterocycles. The number of aromatic amines is 1. The number of pyridine rings is 1. The summed E-state index contributed by atoms with van der Waals surface area (Å²) in [5.74, 6) is -1.12. The van der Waals surface area contributed by atoms with Gasteiger partial charge in [-0.25, -0.2) is 8.78 Å². The first kappa shape index (κ1) is 22.4. The molecule has 0 saturated carbocycles. The highest BCUT2D eigenvalue weighted by Crippen LogP contribution is 2.44. The van der Waals surface area contributed by atoms with Crippen LogP contribution in [0.25, 0.3) is 10.9 Å². The van der Waals surface area contributed by atoms with Gasteiger partial charge < -0.3 is 15.2 Å². The van der Waals surface area contributed by atoms with Crippen molar-refractivity contribution < 1.29 is 26.7 Å². The number of carbonyl (C=O) groups is 1. The Morgan fingerprint density at radius 3 is 2.35 bits per heavy atom. The maximum Gasteiger partial charge on any atom is 0.418 e. The molecular formula is C24H20F5N3O2. The second kappa shape index (κ2) is 8.11. The molecule has 5 rings (SSSR count). The van der Waals surface area contributed by atoms with Gasteiger partial charge in [-0.15, -0.1) is 0 Å². The minimum Gasteiger partial charge on any atom is -0.366 e. The molecule has 0 aliphatic carbocycles. The monoisotopic (exact) mass is 477 g/mol. The predicted molar refractivity (Wildman–Crippen MR) is 117 cm³/mol. The Hall–Kier alpha value is -3.43. The number of hydrogen-bond acceptors (Lipinski definition) is 3.